The molecule has 0 bridgehead atoms. The van der Waals surface area contributed by atoms with Gasteiger partial charge in [-0.25, -0.2) is 0 Å². The zero-order valence-corrected chi connectivity index (χ0v) is 9.60. The van der Waals surface area contributed by atoms with Gasteiger partial charge in [-0.05, 0) is 43.7 Å². The van der Waals surface area contributed by atoms with E-state index in [1.807, 2.05) is 25.4 Å². The highest BCUT2D eigenvalue weighted by Crippen LogP contribution is 2.19. The molecule has 2 heterocycles. The molecule has 0 saturated carbocycles. The Labute approximate surface area is 95.5 Å². The second kappa shape index (κ2) is 4.94. The first-order valence-electron chi connectivity index (χ1n) is 5.41. The molecule has 2 rings (SSSR count). The minimum absolute atomic E-state index is 0.235. The van der Waals surface area contributed by atoms with Crippen molar-refractivity contribution < 1.29 is 4.42 Å². The monoisotopic (exact) mass is 216 g/mol. The highest BCUT2D eigenvalue weighted by Gasteiger charge is 2.13. The van der Waals surface area contributed by atoms with Crippen LogP contribution in [0.4, 0.5) is 0 Å². The van der Waals surface area contributed by atoms with Gasteiger partial charge in [0.25, 0.3) is 0 Å². The van der Waals surface area contributed by atoms with Gasteiger partial charge in [-0.15, -0.1) is 0 Å². The molecule has 0 aliphatic carbocycles. The molecule has 0 aliphatic rings. The van der Waals surface area contributed by atoms with Crippen LogP contribution in [0.1, 0.15) is 22.9 Å². The van der Waals surface area contributed by atoms with Crippen molar-refractivity contribution in [3.63, 3.8) is 0 Å². The number of hydrogen-bond acceptors (Lipinski definition) is 3. The minimum atomic E-state index is 0.235. The Bertz CT molecular complexity index is 437. The highest BCUT2D eigenvalue weighted by atomic mass is 16.3. The Morgan fingerprint density at radius 2 is 2.31 bits per heavy atom. The average molecular weight is 216 g/mol. The Kier molecular flexibility index (Phi) is 3.37. The lowest BCUT2D eigenvalue weighted by Crippen LogP contribution is -2.20. The van der Waals surface area contributed by atoms with Crippen LogP contribution in [0.5, 0.6) is 0 Å². The molecule has 16 heavy (non-hydrogen) atoms. The van der Waals surface area contributed by atoms with Crippen molar-refractivity contribution in [3.8, 4) is 0 Å². The average Bonchev–Trinajstić information content (AvgIpc) is 2.80. The molecule has 0 aliphatic heterocycles. The van der Waals surface area contributed by atoms with Crippen molar-refractivity contribution >= 4 is 0 Å². The molecule has 0 amide bonds. The van der Waals surface area contributed by atoms with Crippen LogP contribution in [0.2, 0.25) is 0 Å². The summed E-state index contributed by atoms with van der Waals surface area (Å²) < 4.78 is 5.08. The third-order valence-corrected chi connectivity index (χ3v) is 2.75. The van der Waals surface area contributed by atoms with Crippen molar-refractivity contribution in [2.45, 2.75) is 19.4 Å². The van der Waals surface area contributed by atoms with Crippen LogP contribution in [-0.2, 0) is 6.42 Å². The summed E-state index contributed by atoms with van der Waals surface area (Å²) in [4.78, 5) is 4.44. The van der Waals surface area contributed by atoms with Gasteiger partial charge in [0, 0.05) is 6.20 Å². The number of aromatic nitrogens is 1. The fourth-order valence-corrected chi connectivity index (χ4v) is 1.84. The van der Waals surface area contributed by atoms with Crippen LogP contribution in [0, 0.1) is 6.92 Å². The van der Waals surface area contributed by atoms with Crippen molar-refractivity contribution in [3.05, 3.63) is 53.7 Å². The Hall–Kier alpha value is -1.61. The lowest BCUT2D eigenvalue weighted by atomic mass is 10.0. The van der Waals surface area contributed by atoms with Gasteiger partial charge in [0.1, 0.15) is 0 Å². The predicted molar refractivity (Wildman–Crippen MR) is 63.2 cm³/mol. The van der Waals surface area contributed by atoms with Crippen molar-refractivity contribution in [2.75, 3.05) is 7.05 Å². The second-order valence-electron chi connectivity index (χ2n) is 3.88. The van der Waals surface area contributed by atoms with Crippen LogP contribution >= 0.6 is 0 Å². The second-order valence-corrected chi connectivity index (χ2v) is 3.88. The quantitative estimate of drug-likeness (QED) is 0.853. The van der Waals surface area contributed by atoms with Crippen LogP contribution in [0.25, 0.3) is 0 Å². The third-order valence-electron chi connectivity index (χ3n) is 2.75. The summed E-state index contributed by atoms with van der Waals surface area (Å²) in [6, 6.07) is 6.27. The number of pyridine rings is 1. The largest absolute Gasteiger partial charge is 0.472 e. The topological polar surface area (TPSA) is 38.1 Å². The lowest BCUT2D eigenvalue weighted by molar-refractivity contribution is 0.546. The van der Waals surface area contributed by atoms with Crippen LogP contribution in [0.15, 0.2) is 41.3 Å². The normalized spacial score (nSPS) is 12.6. The standard InChI is InChI=1S/C13H16N2O/c1-10-4-3-6-15-13(10)12(14-2)8-11-5-7-16-9-11/h3-7,9,12,14H,8H2,1-2H3. The lowest BCUT2D eigenvalue weighted by Gasteiger charge is -2.16. The molecule has 0 saturated heterocycles. The summed E-state index contributed by atoms with van der Waals surface area (Å²) in [5.74, 6) is 0. The fraction of sp³-hybridized carbons (Fsp3) is 0.308. The number of nitrogens with one attached hydrogen (secondary N) is 1. The molecule has 3 heteroatoms. The Balaban J connectivity index is 2.20. The van der Waals surface area contributed by atoms with E-state index in [0.29, 0.717) is 0 Å². The molecular formula is C13H16N2O. The Morgan fingerprint density at radius 1 is 1.44 bits per heavy atom. The first kappa shape index (κ1) is 10.9. The van der Waals surface area contributed by atoms with Gasteiger partial charge in [0.2, 0.25) is 0 Å². The van der Waals surface area contributed by atoms with E-state index >= 15 is 0 Å². The first-order valence-corrected chi connectivity index (χ1v) is 5.41. The predicted octanol–water partition coefficient (Wildman–Crippen LogP) is 2.49. The van der Waals surface area contributed by atoms with Crippen LogP contribution < -0.4 is 5.32 Å². The van der Waals surface area contributed by atoms with Gasteiger partial charge in [-0.1, -0.05) is 6.07 Å². The number of rotatable bonds is 4. The number of likely N-dealkylation sites (N-methyl/N-ethyl adjacent to an activating group) is 1. The van der Waals surface area contributed by atoms with E-state index < -0.39 is 0 Å². The zero-order valence-electron chi connectivity index (χ0n) is 9.60. The summed E-state index contributed by atoms with van der Waals surface area (Å²) >= 11 is 0. The van der Waals surface area contributed by atoms with Crippen molar-refractivity contribution in [2.24, 2.45) is 0 Å². The van der Waals surface area contributed by atoms with Gasteiger partial charge < -0.3 is 9.73 Å². The highest BCUT2D eigenvalue weighted by molar-refractivity contribution is 5.23. The fourth-order valence-electron chi connectivity index (χ4n) is 1.84. The number of nitrogens with zero attached hydrogens (tertiary/aromatic N) is 1. The Morgan fingerprint density at radius 3 is 2.94 bits per heavy atom. The molecular weight excluding hydrogens is 200 g/mol. The maximum atomic E-state index is 5.08. The molecule has 2 aromatic heterocycles. The molecule has 0 radical (unpaired) electrons. The first-order chi connectivity index (χ1) is 7.81. The summed E-state index contributed by atoms with van der Waals surface area (Å²) in [7, 11) is 1.96. The molecule has 0 spiro atoms. The van der Waals surface area contributed by atoms with E-state index in [0.717, 1.165) is 12.1 Å². The summed E-state index contributed by atoms with van der Waals surface area (Å²) in [6.07, 6.45) is 6.21. The van der Waals surface area contributed by atoms with Crippen molar-refractivity contribution in [1.29, 1.82) is 0 Å². The van der Waals surface area contributed by atoms with E-state index in [4.69, 9.17) is 4.42 Å². The molecule has 0 aromatic carbocycles. The minimum Gasteiger partial charge on any atom is -0.472 e. The summed E-state index contributed by atoms with van der Waals surface area (Å²) in [5.41, 5.74) is 3.50. The number of furan rings is 1. The molecule has 1 unspecified atom stereocenters. The van der Waals surface area contributed by atoms with Gasteiger partial charge >= 0.3 is 0 Å². The summed E-state index contributed by atoms with van der Waals surface area (Å²) in [5, 5.41) is 3.29. The van der Waals surface area contributed by atoms with Gasteiger partial charge in [0.15, 0.2) is 0 Å². The summed E-state index contributed by atoms with van der Waals surface area (Å²) in [6.45, 7) is 2.09. The number of aryl methyl sites for hydroxylation is 1. The van der Waals surface area contributed by atoms with Gasteiger partial charge in [-0.2, -0.15) is 0 Å². The van der Waals surface area contributed by atoms with E-state index in [9.17, 15) is 0 Å². The molecule has 0 fully saturated rings. The zero-order chi connectivity index (χ0) is 11.4. The molecule has 3 nitrogen and oxygen atoms in total. The third kappa shape index (κ3) is 2.31. The number of hydrogen-bond donors (Lipinski definition) is 1. The van der Waals surface area contributed by atoms with E-state index in [1.54, 1.807) is 12.5 Å². The SMILES string of the molecule is CNC(Cc1ccoc1)c1ncccc1C. The maximum Gasteiger partial charge on any atom is 0.0935 e. The van der Waals surface area contributed by atoms with Crippen LogP contribution in [0.3, 0.4) is 0 Å². The smallest absolute Gasteiger partial charge is 0.0935 e. The van der Waals surface area contributed by atoms with Crippen molar-refractivity contribution in [1.82, 2.24) is 10.3 Å². The molecule has 84 valence electrons. The molecule has 2 aromatic rings. The van der Waals surface area contributed by atoms with E-state index in [2.05, 4.69) is 23.3 Å². The van der Waals surface area contributed by atoms with E-state index in [1.165, 1.54) is 11.1 Å². The van der Waals surface area contributed by atoms with Gasteiger partial charge in [0.05, 0.1) is 24.3 Å². The van der Waals surface area contributed by atoms with E-state index in [-0.39, 0.29) is 6.04 Å². The molecule has 1 N–H and O–H groups in total. The maximum absolute atomic E-state index is 5.08. The molecule has 1 atom stereocenters. The van der Waals surface area contributed by atoms with Gasteiger partial charge in [-0.3, -0.25) is 4.98 Å². The van der Waals surface area contributed by atoms with Crippen LogP contribution in [-0.4, -0.2) is 12.0 Å².